The number of primary amides is 1. The normalized spacial score (nSPS) is 14.6. The largest absolute Gasteiger partial charge is 0.382 e. The summed E-state index contributed by atoms with van der Waals surface area (Å²) in [6, 6.07) is 103. The van der Waals surface area contributed by atoms with Crippen LogP contribution in [0.2, 0.25) is 0 Å². The maximum absolute atomic E-state index is 13.2. The molecule has 5 amide bonds. The summed E-state index contributed by atoms with van der Waals surface area (Å²) in [4.78, 5) is 85.8. The number of aryl methyl sites for hydroxylation is 1. The van der Waals surface area contributed by atoms with Crippen LogP contribution in [0.4, 0.5) is 28.4 Å². The summed E-state index contributed by atoms with van der Waals surface area (Å²) in [7, 11) is 0. The van der Waals surface area contributed by atoms with Crippen LogP contribution < -0.4 is 26.6 Å². The number of carbonyl (C=O) groups is 5. The SMILES string of the molecule is CC(C)N(C(=O)c1ccc(Br)cc1)C(C)C.CC(C)N(C(=O)c1ccc(N(c2cccc(C#N)c2)C2CCN(Cc3ccccc3)CC2)cc1)C(C)C.CC(C)N(C(=O)c1ccc(N(c2cccc(C(N)=O)c2)C2CCN(Cc3ccccc3)CC2)cc1)C(C)C.CC(C)N(C(=O)c1ccc(NC2CCN(Cc3ccccc3)CC2)cc1)C(C)C.Cc1cccc(Br)c1.NC1CCN(Cc2ccccc2)CC1. The zero-order valence-corrected chi connectivity index (χ0v) is 90.3. The van der Waals surface area contributed by atoms with Gasteiger partial charge in [-0.05, 0) is 350 Å². The van der Waals surface area contributed by atoms with Crippen LogP contribution in [0.5, 0.6) is 0 Å². The fraction of sp³-hybridized carbons (Fsp3) is 0.405. The van der Waals surface area contributed by atoms with Crippen molar-refractivity contribution in [3.05, 3.63) is 361 Å². The molecule has 11 aromatic rings. The van der Waals surface area contributed by atoms with Crippen molar-refractivity contribution in [2.45, 2.75) is 268 Å². The Kier molecular flexibility index (Phi) is 45.2. The molecule has 5 N–H and O–H groups in total. The molecule has 15 rings (SSSR count). The fourth-order valence-electron chi connectivity index (χ4n) is 19.6. The highest BCUT2D eigenvalue weighted by Crippen LogP contribution is 2.37. The Labute approximate surface area is 866 Å². The lowest BCUT2D eigenvalue weighted by Crippen LogP contribution is -2.43. The van der Waals surface area contributed by atoms with Gasteiger partial charge in [-0.2, -0.15) is 5.26 Å². The van der Waals surface area contributed by atoms with E-state index in [4.69, 9.17) is 11.5 Å². The Bertz CT molecular complexity index is 5610. The number of nitrogens with one attached hydrogen (secondary N) is 1. The minimum Gasteiger partial charge on any atom is -0.382 e. The summed E-state index contributed by atoms with van der Waals surface area (Å²) in [5, 5.41) is 13.2. The number of hydrogen-bond donors (Lipinski definition) is 3. The monoisotopic (exact) mass is 2040 g/mol. The summed E-state index contributed by atoms with van der Waals surface area (Å²) < 4.78 is 2.14. The van der Waals surface area contributed by atoms with Gasteiger partial charge < -0.3 is 46.2 Å². The second-order valence-corrected chi connectivity index (χ2v) is 42.0. The third-order valence-electron chi connectivity index (χ3n) is 26.5. The smallest absolute Gasteiger partial charge is 0.254 e. The van der Waals surface area contributed by atoms with Gasteiger partial charge in [-0.3, -0.25) is 43.6 Å². The Morgan fingerprint density at radius 1 is 0.331 bits per heavy atom. The van der Waals surface area contributed by atoms with E-state index in [-0.39, 0.29) is 78.0 Å². The Morgan fingerprint density at radius 2 is 0.627 bits per heavy atom. The highest BCUT2D eigenvalue weighted by Gasteiger charge is 2.33. The number of nitriles is 1. The minimum absolute atomic E-state index is 0.0399. The number of carbonyl (C=O) groups excluding carboxylic acids is 5. The highest BCUT2D eigenvalue weighted by atomic mass is 79.9. The molecule has 0 radical (unpaired) electrons. The van der Waals surface area contributed by atoms with Gasteiger partial charge in [0.25, 0.3) is 23.6 Å². The highest BCUT2D eigenvalue weighted by molar-refractivity contribution is 9.10. The second kappa shape index (κ2) is 57.1. The van der Waals surface area contributed by atoms with E-state index in [1.165, 1.54) is 27.8 Å². The predicted octanol–water partition coefficient (Wildman–Crippen LogP) is 25.6. The van der Waals surface area contributed by atoms with Crippen molar-refractivity contribution in [1.29, 1.82) is 5.26 Å². The van der Waals surface area contributed by atoms with Crippen molar-refractivity contribution in [3.8, 4) is 6.07 Å². The van der Waals surface area contributed by atoms with E-state index in [0.717, 1.165) is 178 Å². The molecular weight excluding hydrogens is 1890 g/mol. The van der Waals surface area contributed by atoms with Crippen LogP contribution in [-0.2, 0) is 26.2 Å². The summed E-state index contributed by atoms with van der Waals surface area (Å²) in [6.45, 7) is 47.5. The molecule has 11 aromatic carbocycles. The number of nitrogens with zero attached hydrogens (tertiary/aromatic N) is 11. The van der Waals surface area contributed by atoms with Crippen molar-refractivity contribution in [1.82, 2.24) is 39.2 Å². The zero-order valence-electron chi connectivity index (χ0n) is 87.2. The number of piperidine rings is 4. The number of anilines is 5. The summed E-state index contributed by atoms with van der Waals surface area (Å²) in [6.07, 6.45) is 8.60. The van der Waals surface area contributed by atoms with Crippen LogP contribution in [0.1, 0.15) is 247 Å². The molecule has 21 heteroatoms. The zero-order chi connectivity index (χ0) is 102. The van der Waals surface area contributed by atoms with Gasteiger partial charge in [0.05, 0.1) is 11.6 Å². The van der Waals surface area contributed by atoms with Gasteiger partial charge >= 0.3 is 0 Å². The molecule has 4 saturated heterocycles. The Hall–Kier alpha value is -11.6. The maximum atomic E-state index is 13.2. The number of amides is 5. The molecule has 0 bridgehead atoms. The molecule has 4 aliphatic rings. The summed E-state index contributed by atoms with van der Waals surface area (Å²) in [5.41, 5.74) is 27.4. The molecule has 4 heterocycles. The van der Waals surface area contributed by atoms with Gasteiger partial charge in [0.15, 0.2) is 0 Å². The third kappa shape index (κ3) is 34.9. The lowest BCUT2D eigenvalue weighted by Gasteiger charge is -2.40. The van der Waals surface area contributed by atoms with E-state index in [1.807, 2.05) is 208 Å². The van der Waals surface area contributed by atoms with Crippen molar-refractivity contribution in [2.24, 2.45) is 11.5 Å². The molecule has 0 spiro atoms. The van der Waals surface area contributed by atoms with Crippen molar-refractivity contribution < 1.29 is 24.0 Å². The molecule has 0 aromatic heterocycles. The van der Waals surface area contributed by atoms with Gasteiger partial charge in [0, 0.05) is 203 Å². The molecule has 0 aliphatic carbocycles. The molecule has 4 fully saturated rings. The van der Waals surface area contributed by atoms with Crippen molar-refractivity contribution in [2.75, 3.05) is 67.5 Å². The standard InChI is InChI=1S/C32H40N4O2.C32H38N4O.C25H35N3O.C13H18BrNO.C12H18N2.C7H7Br/c1-23(2)35(24(3)4)32(38)26-13-15-28(16-14-26)36(30-12-8-11-27(21-30)31(33)37)29-17-19-34(20-18-29)22-25-9-6-5-7-10-25;1-24(2)35(25(3)4)32(37)28-13-15-29(16-14-28)36(31-12-8-11-27(21-31)22-33)30-17-19-34(20-18-30)23-26-9-6-5-7-10-26;1-19(2)28(20(3)4)25(29)22-10-12-23(13-11-22)26-24-14-16-27(17-15-24)18-21-8-6-5-7-9-21;1-9(2)15(10(3)4)13(16)11-5-7-12(14)8-6-11;13-12-6-8-14(9-7-12)10-11-4-2-1-3-5-11;1-6-3-2-4-7(8)5-6/h5-16,21,23-24,29H,17-20,22H2,1-4H3,(H2,33,37);5-16,21,24-25,30H,17-20,23H2,1-4H3;5-13,19-20,24,26H,14-18H2,1-4H3;5-10H,1-4H3;1-5,12H,6-10,13H2;2-5H,1H3. The fourth-order valence-corrected chi connectivity index (χ4v) is 20.4. The average Bonchev–Trinajstić information content (AvgIpc) is 0.762. The number of hydrogen-bond acceptors (Lipinski definition) is 14. The van der Waals surface area contributed by atoms with Gasteiger partial charge in [0.1, 0.15) is 0 Å². The molecule has 754 valence electrons. The molecule has 0 atom stereocenters. The van der Waals surface area contributed by atoms with Gasteiger partial charge in [-0.1, -0.05) is 183 Å². The van der Waals surface area contributed by atoms with Crippen LogP contribution in [0.25, 0.3) is 0 Å². The lowest BCUT2D eigenvalue weighted by atomic mass is 9.99. The molecule has 0 saturated carbocycles. The van der Waals surface area contributed by atoms with Crippen LogP contribution in [0, 0.1) is 18.3 Å². The number of nitrogens with two attached hydrogens (primary N) is 2. The first-order valence-corrected chi connectivity index (χ1v) is 52.8. The van der Waals surface area contributed by atoms with Crippen LogP contribution in [0.3, 0.4) is 0 Å². The van der Waals surface area contributed by atoms with E-state index in [2.05, 4.69) is 287 Å². The minimum atomic E-state index is -0.437. The van der Waals surface area contributed by atoms with E-state index in [0.29, 0.717) is 40.4 Å². The topological polar surface area (TPSA) is 206 Å². The van der Waals surface area contributed by atoms with Crippen molar-refractivity contribution >= 4 is 89.8 Å². The first-order valence-electron chi connectivity index (χ1n) is 51.3. The van der Waals surface area contributed by atoms with Crippen molar-refractivity contribution in [3.63, 3.8) is 0 Å². The molecule has 142 heavy (non-hydrogen) atoms. The van der Waals surface area contributed by atoms with E-state index >= 15 is 0 Å². The molecule has 4 aliphatic heterocycles. The van der Waals surface area contributed by atoms with Gasteiger partial charge in [-0.25, -0.2) is 0 Å². The first-order chi connectivity index (χ1) is 68.1. The number of rotatable bonds is 29. The number of likely N-dealkylation sites (tertiary alicyclic amines) is 4. The molecule has 19 nitrogen and oxygen atoms in total. The third-order valence-corrected chi connectivity index (χ3v) is 27.5. The van der Waals surface area contributed by atoms with Gasteiger partial charge in [-0.15, -0.1) is 0 Å². The Balaban J connectivity index is 0.000000186. The molecular formula is C121H156Br2N14O5. The maximum Gasteiger partial charge on any atom is 0.254 e. The quantitative estimate of drug-likeness (QED) is 0.0399. The van der Waals surface area contributed by atoms with Crippen LogP contribution in [-0.4, -0.2) is 194 Å². The second-order valence-electron chi connectivity index (χ2n) is 40.2. The number of halogens is 2. The first kappa shape index (κ1) is 112. The Morgan fingerprint density at radius 3 is 0.930 bits per heavy atom. The predicted molar refractivity (Wildman–Crippen MR) is 595 cm³/mol. The summed E-state index contributed by atoms with van der Waals surface area (Å²) >= 11 is 6.73. The van der Waals surface area contributed by atoms with E-state index in [9.17, 15) is 29.2 Å². The van der Waals surface area contributed by atoms with Gasteiger partial charge in [0.2, 0.25) is 5.91 Å². The number of benzene rings is 11. The van der Waals surface area contributed by atoms with E-state index < -0.39 is 5.91 Å². The average molecular weight is 2050 g/mol. The summed E-state index contributed by atoms with van der Waals surface area (Å²) in [5.74, 6) is -0.136. The van der Waals surface area contributed by atoms with Crippen LogP contribution in [0.15, 0.2) is 300 Å². The van der Waals surface area contributed by atoms with E-state index in [1.54, 1.807) is 6.07 Å². The molecule has 0 unspecified atom stereocenters. The van der Waals surface area contributed by atoms with Crippen LogP contribution >= 0.6 is 31.9 Å². The lowest BCUT2D eigenvalue weighted by molar-refractivity contribution is 0.0634.